The second-order valence-corrected chi connectivity index (χ2v) is 1.79. The molecule has 0 spiro atoms. The highest BCUT2D eigenvalue weighted by molar-refractivity contribution is 5.70. The first-order chi connectivity index (χ1) is 3.81. The molecule has 0 saturated heterocycles. The van der Waals surface area contributed by atoms with Crippen LogP contribution in [0.1, 0.15) is 20.3 Å². The second kappa shape index (κ2) is 4.57. The van der Waals surface area contributed by atoms with Crippen LogP contribution >= 0.6 is 0 Å². The molecule has 0 aromatic carbocycles. The summed E-state index contributed by atoms with van der Waals surface area (Å²) in [5, 5.41) is 0. The van der Waals surface area contributed by atoms with Crippen LogP contribution in [0.2, 0.25) is 0 Å². The predicted octanol–water partition coefficient (Wildman–Crippen LogP) is 2.04. The molecule has 1 nitrogen and oxygen atoms in total. The van der Waals surface area contributed by atoms with Crippen molar-refractivity contribution in [1.82, 2.24) is 0 Å². The van der Waals surface area contributed by atoms with Crippen molar-refractivity contribution in [3.8, 4) is 0 Å². The zero-order valence-corrected chi connectivity index (χ0v) is 5.59. The van der Waals surface area contributed by atoms with Gasteiger partial charge in [0.1, 0.15) is 0 Å². The SMILES string of the molecule is C=C/C=N\[C@@H](C)CC. The summed E-state index contributed by atoms with van der Waals surface area (Å²) in [4.78, 5) is 4.12. The van der Waals surface area contributed by atoms with E-state index in [1.165, 1.54) is 0 Å². The van der Waals surface area contributed by atoms with Crippen LogP contribution in [0.25, 0.3) is 0 Å². The summed E-state index contributed by atoms with van der Waals surface area (Å²) in [6.07, 6.45) is 4.55. The van der Waals surface area contributed by atoms with E-state index in [0.717, 1.165) is 6.42 Å². The Bertz CT molecular complexity index is 84.4. The normalized spacial score (nSPS) is 14.2. The first-order valence-electron chi connectivity index (χ1n) is 2.95. The van der Waals surface area contributed by atoms with Gasteiger partial charge in [0.2, 0.25) is 0 Å². The molecule has 0 rings (SSSR count). The van der Waals surface area contributed by atoms with Crippen LogP contribution in [-0.4, -0.2) is 12.3 Å². The summed E-state index contributed by atoms with van der Waals surface area (Å²) in [5.74, 6) is 0. The Labute approximate surface area is 51.1 Å². The molecule has 0 amide bonds. The first kappa shape index (κ1) is 7.41. The Kier molecular flexibility index (Phi) is 4.23. The van der Waals surface area contributed by atoms with Gasteiger partial charge in [-0.3, -0.25) is 4.99 Å². The largest absolute Gasteiger partial charge is 0.290 e. The standard InChI is InChI=1S/C7H13N/c1-4-6-8-7(3)5-2/h4,6-7H,1,5H2,2-3H3/b8-6-/t7-/m0/s1. The van der Waals surface area contributed by atoms with Gasteiger partial charge < -0.3 is 0 Å². The molecule has 8 heavy (non-hydrogen) atoms. The summed E-state index contributed by atoms with van der Waals surface area (Å²) in [7, 11) is 0. The molecule has 1 atom stereocenters. The number of hydrogen-bond donors (Lipinski definition) is 0. The molecule has 1 heteroatoms. The van der Waals surface area contributed by atoms with E-state index in [2.05, 4.69) is 25.4 Å². The lowest BCUT2D eigenvalue weighted by molar-refractivity contribution is 0.721. The van der Waals surface area contributed by atoms with E-state index in [4.69, 9.17) is 0 Å². The van der Waals surface area contributed by atoms with E-state index in [1.54, 1.807) is 12.3 Å². The van der Waals surface area contributed by atoms with E-state index in [0.29, 0.717) is 6.04 Å². The highest BCUT2D eigenvalue weighted by Crippen LogP contribution is 1.91. The Balaban J connectivity index is 3.35. The molecular weight excluding hydrogens is 98.1 g/mol. The second-order valence-electron chi connectivity index (χ2n) is 1.79. The minimum absolute atomic E-state index is 0.452. The zero-order valence-electron chi connectivity index (χ0n) is 5.59. The van der Waals surface area contributed by atoms with E-state index in [1.807, 2.05) is 0 Å². The Morgan fingerprint density at radius 2 is 2.38 bits per heavy atom. The van der Waals surface area contributed by atoms with E-state index in [-0.39, 0.29) is 0 Å². The lowest BCUT2D eigenvalue weighted by Crippen LogP contribution is -1.92. The molecular formula is C7H13N. The van der Waals surface area contributed by atoms with Crippen LogP contribution in [0.5, 0.6) is 0 Å². The maximum Gasteiger partial charge on any atom is 0.0468 e. The van der Waals surface area contributed by atoms with Crippen molar-refractivity contribution in [2.24, 2.45) is 4.99 Å². The molecule has 0 unspecified atom stereocenters. The van der Waals surface area contributed by atoms with Gasteiger partial charge in [0.05, 0.1) is 0 Å². The van der Waals surface area contributed by atoms with Gasteiger partial charge in [0.25, 0.3) is 0 Å². The van der Waals surface area contributed by atoms with Crippen molar-refractivity contribution < 1.29 is 0 Å². The minimum atomic E-state index is 0.452. The smallest absolute Gasteiger partial charge is 0.0468 e. The first-order valence-corrected chi connectivity index (χ1v) is 2.95. The number of allylic oxidation sites excluding steroid dienone is 1. The predicted molar refractivity (Wildman–Crippen MR) is 38.4 cm³/mol. The van der Waals surface area contributed by atoms with Crippen molar-refractivity contribution >= 4 is 6.21 Å². The average Bonchev–Trinajstić information content (AvgIpc) is 1.83. The quantitative estimate of drug-likeness (QED) is 0.494. The summed E-state index contributed by atoms with van der Waals surface area (Å²) in [5.41, 5.74) is 0. The molecule has 0 aliphatic carbocycles. The monoisotopic (exact) mass is 111 g/mol. The lowest BCUT2D eigenvalue weighted by atomic mass is 10.3. The van der Waals surface area contributed by atoms with E-state index < -0.39 is 0 Å². The number of hydrogen-bond acceptors (Lipinski definition) is 1. The van der Waals surface area contributed by atoms with Gasteiger partial charge >= 0.3 is 0 Å². The van der Waals surface area contributed by atoms with Crippen LogP contribution in [0.3, 0.4) is 0 Å². The van der Waals surface area contributed by atoms with Crippen LogP contribution in [0.4, 0.5) is 0 Å². The van der Waals surface area contributed by atoms with Gasteiger partial charge in [0.15, 0.2) is 0 Å². The minimum Gasteiger partial charge on any atom is -0.290 e. The molecule has 0 saturated carbocycles. The van der Waals surface area contributed by atoms with E-state index in [9.17, 15) is 0 Å². The summed E-state index contributed by atoms with van der Waals surface area (Å²) < 4.78 is 0. The highest BCUT2D eigenvalue weighted by Gasteiger charge is 1.87. The fourth-order valence-electron chi connectivity index (χ4n) is 0.313. The number of rotatable bonds is 3. The molecule has 0 aliphatic heterocycles. The highest BCUT2D eigenvalue weighted by atomic mass is 14.7. The molecule has 0 aliphatic rings. The van der Waals surface area contributed by atoms with Crippen molar-refractivity contribution in [3.63, 3.8) is 0 Å². The molecule has 0 fully saturated rings. The van der Waals surface area contributed by atoms with Gasteiger partial charge in [0, 0.05) is 12.3 Å². The van der Waals surface area contributed by atoms with E-state index >= 15 is 0 Å². The van der Waals surface area contributed by atoms with Gasteiger partial charge in [-0.05, 0) is 13.3 Å². The van der Waals surface area contributed by atoms with Gasteiger partial charge in [-0.2, -0.15) is 0 Å². The third-order valence-corrected chi connectivity index (χ3v) is 1.04. The molecule has 0 aromatic heterocycles. The maximum absolute atomic E-state index is 4.12. The molecule has 46 valence electrons. The molecule has 0 radical (unpaired) electrons. The molecule has 0 N–H and O–H groups in total. The summed E-state index contributed by atoms with van der Waals surface area (Å²) in [6.45, 7) is 7.72. The summed E-state index contributed by atoms with van der Waals surface area (Å²) >= 11 is 0. The lowest BCUT2D eigenvalue weighted by Gasteiger charge is -1.96. The topological polar surface area (TPSA) is 12.4 Å². The Hall–Kier alpha value is -0.590. The van der Waals surface area contributed by atoms with Gasteiger partial charge in [-0.15, -0.1) is 0 Å². The maximum atomic E-state index is 4.12. The van der Waals surface area contributed by atoms with Gasteiger partial charge in [-0.1, -0.05) is 19.6 Å². The molecule has 0 bridgehead atoms. The third-order valence-electron chi connectivity index (χ3n) is 1.04. The van der Waals surface area contributed by atoms with Crippen molar-refractivity contribution in [2.45, 2.75) is 26.3 Å². The van der Waals surface area contributed by atoms with Crippen LogP contribution < -0.4 is 0 Å². The fraction of sp³-hybridized carbons (Fsp3) is 0.571. The van der Waals surface area contributed by atoms with Crippen LogP contribution in [-0.2, 0) is 0 Å². The zero-order chi connectivity index (χ0) is 6.41. The number of nitrogens with zero attached hydrogens (tertiary/aromatic N) is 1. The molecule has 0 heterocycles. The van der Waals surface area contributed by atoms with Crippen LogP contribution in [0, 0.1) is 0 Å². The molecule has 0 aromatic rings. The Morgan fingerprint density at radius 1 is 1.75 bits per heavy atom. The Morgan fingerprint density at radius 3 is 2.75 bits per heavy atom. The van der Waals surface area contributed by atoms with Crippen molar-refractivity contribution in [2.75, 3.05) is 0 Å². The fourth-order valence-corrected chi connectivity index (χ4v) is 0.313. The number of aliphatic imine (C=N–C) groups is 1. The van der Waals surface area contributed by atoms with Crippen LogP contribution in [0.15, 0.2) is 17.6 Å². The van der Waals surface area contributed by atoms with Crippen molar-refractivity contribution in [1.29, 1.82) is 0 Å². The third kappa shape index (κ3) is 3.59. The van der Waals surface area contributed by atoms with Gasteiger partial charge in [-0.25, -0.2) is 0 Å². The summed E-state index contributed by atoms with van der Waals surface area (Å²) in [6, 6.07) is 0.452. The van der Waals surface area contributed by atoms with Crippen molar-refractivity contribution in [3.05, 3.63) is 12.7 Å². The average molecular weight is 111 g/mol.